The van der Waals surface area contributed by atoms with Gasteiger partial charge < -0.3 is 4.90 Å². The first-order valence-electron chi connectivity index (χ1n) is 17.5. The van der Waals surface area contributed by atoms with Crippen LogP contribution in [0.1, 0.15) is 0 Å². The third kappa shape index (κ3) is 5.82. The van der Waals surface area contributed by atoms with Crippen LogP contribution >= 0.6 is 0 Å². The summed E-state index contributed by atoms with van der Waals surface area (Å²) >= 11 is 0. The number of anilines is 3. The average molecular weight is 667 g/mol. The van der Waals surface area contributed by atoms with Gasteiger partial charge in [0.15, 0.2) is 0 Å². The molecule has 9 aromatic rings. The fourth-order valence-electron chi connectivity index (χ4n) is 7.13. The van der Waals surface area contributed by atoms with E-state index in [2.05, 4.69) is 191 Å². The Bertz CT molecular complexity index is 2600. The Morgan fingerprint density at radius 1 is 0.385 bits per heavy atom. The second-order valence-corrected chi connectivity index (χ2v) is 12.7. The summed E-state index contributed by atoms with van der Waals surface area (Å²) in [6.07, 6.45) is 3.76. The van der Waals surface area contributed by atoms with Crippen LogP contribution in [0.5, 0.6) is 0 Å². The van der Waals surface area contributed by atoms with Gasteiger partial charge in [0.05, 0.1) is 16.9 Å². The maximum atomic E-state index is 4.90. The summed E-state index contributed by atoms with van der Waals surface area (Å²) < 4.78 is 2.31. The number of nitrogens with zero attached hydrogens (tertiary/aromatic N) is 4. The predicted octanol–water partition coefficient (Wildman–Crippen LogP) is 12.6. The number of rotatable bonds is 8. The Hall–Kier alpha value is -7.04. The lowest BCUT2D eigenvalue weighted by molar-refractivity contribution is 1.05. The van der Waals surface area contributed by atoms with Crippen molar-refractivity contribution < 1.29 is 0 Å². The highest BCUT2D eigenvalue weighted by Crippen LogP contribution is 2.45. The molecule has 246 valence electrons. The average Bonchev–Trinajstić information content (AvgIpc) is 3.57. The first-order valence-corrected chi connectivity index (χ1v) is 17.5. The molecule has 0 aliphatic rings. The minimum absolute atomic E-state index is 0.864. The largest absolute Gasteiger partial charge is 0.310 e. The van der Waals surface area contributed by atoms with Gasteiger partial charge in [-0.05, 0) is 82.9 Å². The van der Waals surface area contributed by atoms with E-state index in [1.165, 1.54) is 11.1 Å². The van der Waals surface area contributed by atoms with Crippen molar-refractivity contribution in [2.75, 3.05) is 4.90 Å². The third-order valence-corrected chi connectivity index (χ3v) is 9.48. The van der Waals surface area contributed by atoms with Crippen LogP contribution in [0.25, 0.3) is 61.5 Å². The maximum Gasteiger partial charge on any atom is 0.137 e. The molecule has 0 amide bonds. The molecule has 0 radical (unpaired) electrons. The Morgan fingerprint density at radius 3 is 1.71 bits per heavy atom. The second-order valence-electron chi connectivity index (χ2n) is 12.7. The standard InChI is InChI=1S/C48H34N4/c1-5-16-35(17-6-1)38-29-31-49-44(33-38)39-22-15-25-41(32-39)51(40-23-11-4-12-24-40)42-27-28-43-45(34-42)52(46-26-13-14-30-50-46)48(37-20-9-3-10-21-37)47(43)36-18-7-2-8-19-36/h1-34H. The summed E-state index contributed by atoms with van der Waals surface area (Å²) in [5, 5.41) is 1.16. The van der Waals surface area contributed by atoms with Gasteiger partial charge in [0.25, 0.3) is 0 Å². The van der Waals surface area contributed by atoms with Crippen molar-refractivity contribution in [3.63, 3.8) is 0 Å². The van der Waals surface area contributed by atoms with Crippen molar-refractivity contribution in [1.82, 2.24) is 14.5 Å². The molecule has 3 aromatic heterocycles. The van der Waals surface area contributed by atoms with Gasteiger partial charge in [0, 0.05) is 46.0 Å². The number of benzene rings is 6. The zero-order valence-corrected chi connectivity index (χ0v) is 28.4. The monoisotopic (exact) mass is 666 g/mol. The Labute approximate surface area is 303 Å². The summed E-state index contributed by atoms with van der Waals surface area (Å²) in [5.74, 6) is 0.864. The fraction of sp³-hybridized carbons (Fsp3) is 0. The van der Waals surface area contributed by atoms with Crippen LogP contribution in [-0.4, -0.2) is 14.5 Å². The van der Waals surface area contributed by atoms with E-state index in [0.717, 1.165) is 67.4 Å². The van der Waals surface area contributed by atoms with E-state index in [0.29, 0.717) is 0 Å². The van der Waals surface area contributed by atoms with Crippen LogP contribution in [-0.2, 0) is 0 Å². The van der Waals surface area contributed by atoms with Gasteiger partial charge in [-0.3, -0.25) is 9.55 Å². The number of hydrogen-bond acceptors (Lipinski definition) is 3. The third-order valence-electron chi connectivity index (χ3n) is 9.48. The summed E-state index contributed by atoms with van der Waals surface area (Å²) in [6.45, 7) is 0. The maximum absolute atomic E-state index is 4.90. The molecule has 9 rings (SSSR count). The van der Waals surface area contributed by atoms with Gasteiger partial charge >= 0.3 is 0 Å². The molecule has 0 aliphatic heterocycles. The van der Waals surface area contributed by atoms with E-state index < -0.39 is 0 Å². The number of hydrogen-bond donors (Lipinski definition) is 0. The number of para-hydroxylation sites is 1. The Balaban J connectivity index is 1.26. The molecular weight excluding hydrogens is 633 g/mol. The lowest BCUT2D eigenvalue weighted by Gasteiger charge is -2.26. The van der Waals surface area contributed by atoms with E-state index in [-0.39, 0.29) is 0 Å². The van der Waals surface area contributed by atoms with E-state index in [1.54, 1.807) is 0 Å². The van der Waals surface area contributed by atoms with Crippen LogP contribution in [0.3, 0.4) is 0 Å². The molecule has 0 aliphatic carbocycles. The molecule has 0 saturated heterocycles. The lowest BCUT2D eigenvalue weighted by atomic mass is 9.98. The molecule has 4 heteroatoms. The first-order chi connectivity index (χ1) is 25.8. The smallest absolute Gasteiger partial charge is 0.137 e. The van der Waals surface area contributed by atoms with Crippen molar-refractivity contribution in [3.8, 4) is 50.6 Å². The van der Waals surface area contributed by atoms with Gasteiger partial charge in [0.2, 0.25) is 0 Å². The summed E-state index contributed by atoms with van der Waals surface area (Å²) in [6, 6.07) is 68.1. The quantitative estimate of drug-likeness (QED) is 0.162. The molecule has 0 unspecified atom stereocenters. The SMILES string of the molecule is c1ccc(-c2ccnc(-c3cccc(N(c4ccccc4)c4ccc5c(-c6ccccc6)c(-c6ccccc6)n(-c6ccccn6)c5c4)c3)c2)cc1. The highest BCUT2D eigenvalue weighted by molar-refractivity contribution is 6.07. The predicted molar refractivity (Wildman–Crippen MR) is 215 cm³/mol. The molecule has 0 N–H and O–H groups in total. The van der Waals surface area contributed by atoms with Gasteiger partial charge in [-0.1, -0.05) is 133 Å². The van der Waals surface area contributed by atoms with Crippen molar-refractivity contribution in [3.05, 3.63) is 207 Å². The minimum atomic E-state index is 0.864. The second kappa shape index (κ2) is 13.7. The molecule has 0 fully saturated rings. The topological polar surface area (TPSA) is 34.0 Å². The highest BCUT2D eigenvalue weighted by atomic mass is 15.1. The van der Waals surface area contributed by atoms with Crippen LogP contribution < -0.4 is 4.90 Å². The molecule has 0 bridgehead atoms. The molecule has 6 aromatic carbocycles. The van der Waals surface area contributed by atoms with Crippen molar-refractivity contribution in [2.24, 2.45) is 0 Å². The Morgan fingerprint density at radius 2 is 1.00 bits per heavy atom. The van der Waals surface area contributed by atoms with Gasteiger partial charge in [-0.15, -0.1) is 0 Å². The Kier molecular flexibility index (Phi) is 8.16. The zero-order chi connectivity index (χ0) is 34.7. The van der Waals surface area contributed by atoms with Crippen molar-refractivity contribution in [1.29, 1.82) is 0 Å². The summed E-state index contributed by atoms with van der Waals surface area (Å²) in [5.41, 5.74) is 13.1. The zero-order valence-electron chi connectivity index (χ0n) is 28.4. The highest BCUT2D eigenvalue weighted by Gasteiger charge is 2.23. The van der Waals surface area contributed by atoms with E-state index >= 15 is 0 Å². The van der Waals surface area contributed by atoms with Crippen LogP contribution in [0.2, 0.25) is 0 Å². The van der Waals surface area contributed by atoms with E-state index in [9.17, 15) is 0 Å². The number of aromatic nitrogens is 3. The molecule has 52 heavy (non-hydrogen) atoms. The van der Waals surface area contributed by atoms with Crippen LogP contribution in [0.15, 0.2) is 207 Å². The van der Waals surface area contributed by atoms with Gasteiger partial charge in [-0.25, -0.2) is 4.98 Å². The molecule has 0 saturated carbocycles. The van der Waals surface area contributed by atoms with E-state index in [1.807, 2.05) is 24.5 Å². The first kappa shape index (κ1) is 31.0. The number of fused-ring (bicyclic) bond motifs is 1. The molecular formula is C48H34N4. The molecule has 3 heterocycles. The molecule has 0 atom stereocenters. The van der Waals surface area contributed by atoms with Gasteiger partial charge in [-0.2, -0.15) is 0 Å². The normalized spacial score (nSPS) is 11.1. The fourth-order valence-corrected chi connectivity index (χ4v) is 7.13. The lowest BCUT2D eigenvalue weighted by Crippen LogP contribution is -2.10. The summed E-state index contributed by atoms with van der Waals surface area (Å²) in [7, 11) is 0. The van der Waals surface area contributed by atoms with Crippen LogP contribution in [0, 0.1) is 0 Å². The van der Waals surface area contributed by atoms with Crippen molar-refractivity contribution in [2.45, 2.75) is 0 Å². The van der Waals surface area contributed by atoms with Crippen molar-refractivity contribution >= 4 is 28.0 Å². The number of pyridine rings is 2. The van der Waals surface area contributed by atoms with Gasteiger partial charge in [0.1, 0.15) is 5.82 Å². The van der Waals surface area contributed by atoms with Crippen LogP contribution in [0.4, 0.5) is 17.1 Å². The summed E-state index contributed by atoms with van der Waals surface area (Å²) in [4.78, 5) is 12.0. The van der Waals surface area contributed by atoms with E-state index in [4.69, 9.17) is 9.97 Å². The molecule has 4 nitrogen and oxygen atoms in total. The minimum Gasteiger partial charge on any atom is -0.310 e. The molecule has 0 spiro atoms.